The maximum absolute atomic E-state index is 6.61. The Labute approximate surface area is 283 Å². The van der Waals surface area contributed by atoms with Crippen molar-refractivity contribution in [1.29, 1.82) is 0 Å². The van der Waals surface area contributed by atoms with Gasteiger partial charge in [0.25, 0.3) is 0 Å². The second-order valence-corrected chi connectivity index (χ2v) is 14.1. The molecule has 0 N–H and O–H groups in total. The first kappa shape index (κ1) is 30.4. The highest BCUT2D eigenvalue weighted by atomic mass is 16.3. The van der Waals surface area contributed by atoms with Crippen molar-refractivity contribution in [3.63, 3.8) is 0 Å². The smallest absolute Gasteiger partial charge is 0.227 e. The van der Waals surface area contributed by atoms with Gasteiger partial charge >= 0.3 is 0 Å². The lowest BCUT2D eigenvalue weighted by molar-refractivity contribution is 0.443. The van der Waals surface area contributed by atoms with Gasteiger partial charge in [0, 0.05) is 16.7 Å². The van der Waals surface area contributed by atoms with Crippen molar-refractivity contribution < 1.29 is 4.42 Å². The number of imidazole rings is 1. The number of hydrogen-bond donors (Lipinski definition) is 0. The van der Waals surface area contributed by atoms with Crippen molar-refractivity contribution in [1.82, 2.24) is 14.5 Å². The van der Waals surface area contributed by atoms with Gasteiger partial charge in [0.15, 0.2) is 5.58 Å². The molecule has 1 saturated carbocycles. The Morgan fingerprint density at radius 1 is 0.625 bits per heavy atom. The number of aromatic nitrogens is 3. The van der Waals surface area contributed by atoms with Crippen molar-refractivity contribution >= 4 is 22.1 Å². The van der Waals surface area contributed by atoms with Crippen molar-refractivity contribution in [2.45, 2.75) is 77.6 Å². The molecule has 2 aromatic heterocycles. The van der Waals surface area contributed by atoms with E-state index in [1.807, 2.05) is 18.2 Å². The number of fused-ring (bicyclic) bond motifs is 2. The Morgan fingerprint density at radius 2 is 1.31 bits per heavy atom. The van der Waals surface area contributed by atoms with E-state index in [1.165, 1.54) is 54.5 Å². The zero-order valence-corrected chi connectivity index (χ0v) is 28.4. The second kappa shape index (κ2) is 12.6. The van der Waals surface area contributed by atoms with Crippen LogP contribution in [0.4, 0.5) is 0 Å². The highest BCUT2D eigenvalue weighted by Gasteiger charge is 2.24. The Morgan fingerprint density at radius 3 is 2.02 bits per heavy atom. The first-order valence-corrected chi connectivity index (χ1v) is 17.7. The Bertz CT molecular complexity index is 2190. The third-order valence-corrected chi connectivity index (χ3v) is 10.2. The molecule has 0 saturated heterocycles. The standard InChI is InChI=1S/C44H43N3O/c1-28(2)35-18-13-19-36(29(3)4)41(35)47-40-21-12-11-20-38(40)45-43(47)34-26-37(32-24-22-31(23-25-32)30-14-7-5-8-15-30)42-39(27-34)46-44(48-42)33-16-9-6-10-17-33/h6,9-13,16-30H,5,7-8,14-15H2,1-4H3. The van der Waals surface area contributed by atoms with Gasteiger partial charge in [-0.25, -0.2) is 9.97 Å². The minimum Gasteiger partial charge on any atom is -0.435 e. The number of rotatable bonds is 7. The summed E-state index contributed by atoms with van der Waals surface area (Å²) < 4.78 is 9.01. The van der Waals surface area contributed by atoms with Crippen molar-refractivity contribution in [3.8, 4) is 39.7 Å². The third kappa shape index (κ3) is 5.43. The second-order valence-electron chi connectivity index (χ2n) is 14.1. The highest BCUT2D eigenvalue weighted by molar-refractivity contribution is 5.96. The molecule has 48 heavy (non-hydrogen) atoms. The first-order valence-electron chi connectivity index (χ1n) is 17.7. The molecule has 240 valence electrons. The summed E-state index contributed by atoms with van der Waals surface area (Å²) in [7, 11) is 0. The molecule has 7 aromatic rings. The SMILES string of the molecule is CC(C)c1cccc(C(C)C)c1-n1c(-c2cc(-c3ccc(C4CCCCC4)cc3)c3oc(-c4ccccc4)nc3c2)nc2ccccc21. The molecule has 0 aliphatic heterocycles. The molecule has 4 heteroatoms. The fourth-order valence-corrected chi connectivity index (χ4v) is 7.67. The molecule has 0 radical (unpaired) electrons. The summed E-state index contributed by atoms with van der Waals surface area (Å²) in [6, 6.07) is 39.1. The highest BCUT2D eigenvalue weighted by Crippen LogP contribution is 2.41. The molecule has 0 spiro atoms. The summed E-state index contributed by atoms with van der Waals surface area (Å²) in [6.45, 7) is 9.12. The van der Waals surface area contributed by atoms with E-state index in [4.69, 9.17) is 14.4 Å². The molecule has 5 aromatic carbocycles. The van der Waals surface area contributed by atoms with Crippen LogP contribution < -0.4 is 0 Å². The zero-order valence-electron chi connectivity index (χ0n) is 28.4. The number of nitrogens with zero attached hydrogens (tertiary/aromatic N) is 3. The van der Waals surface area contributed by atoms with Crippen LogP contribution in [0.15, 0.2) is 114 Å². The quantitative estimate of drug-likeness (QED) is 0.176. The number of oxazole rings is 1. The van der Waals surface area contributed by atoms with Crippen LogP contribution in [0.3, 0.4) is 0 Å². The van der Waals surface area contributed by atoms with Crippen molar-refractivity contribution in [2.75, 3.05) is 0 Å². The number of hydrogen-bond acceptors (Lipinski definition) is 3. The van der Waals surface area contributed by atoms with E-state index in [0.29, 0.717) is 23.6 Å². The lowest BCUT2D eigenvalue weighted by Crippen LogP contribution is -2.08. The average molecular weight is 630 g/mol. The topological polar surface area (TPSA) is 43.9 Å². The Hall–Kier alpha value is -4.96. The Balaban J connectivity index is 1.38. The summed E-state index contributed by atoms with van der Waals surface area (Å²) in [5.41, 5.74) is 13.2. The van der Waals surface area contributed by atoms with E-state index in [0.717, 1.165) is 50.2 Å². The number of para-hydroxylation sites is 3. The van der Waals surface area contributed by atoms with Crippen LogP contribution in [-0.4, -0.2) is 14.5 Å². The lowest BCUT2D eigenvalue weighted by atomic mass is 9.83. The molecule has 0 unspecified atom stereocenters. The number of benzene rings is 5. The molecule has 4 nitrogen and oxygen atoms in total. The maximum atomic E-state index is 6.61. The van der Waals surface area contributed by atoms with E-state index in [9.17, 15) is 0 Å². The van der Waals surface area contributed by atoms with Gasteiger partial charge in [-0.05, 0) is 89.2 Å². The van der Waals surface area contributed by atoms with Crippen LogP contribution in [0.2, 0.25) is 0 Å². The normalized spacial score (nSPS) is 14.1. The van der Waals surface area contributed by atoms with Crippen molar-refractivity contribution in [2.24, 2.45) is 0 Å². The van der Waals surface area contributed by atoms with Gasteiger partial charge in [-0.1, -0.05) is 120 Å². The summed E-state index contributed by atoms with van der Waals surface area (Å²) in [5.74, 6) is 2.89. The summed E-state index contributed by atoms with van der Waals surface area (Å²) in [6.07, 6.45) is 6.59. The molecule has 2 heterocycles. The van der Waals surface area contributed by atoms with E-state index in [-0.39, 0.29) is 0 Å². The van der Waals surface area contributed by atoms with Crippen LogP contribution >= 0.6 is 0 Å². The van der Waals surface area contributed by atoms with Gasteiger partial charge in [-0.2, -0.15) is 0 Å². The molecule has 0 atom stereocenters. The lowest BCUT2D eigenvalue weighted by Gasteiger charge is -2.23. The van der Waals surface area contributed by atoms with Crippen LogP contribution in [-0.2, 0) is 0 Å². The minimum atomic E-state index is 0.345. The van der Waals surface area contributed by atoms with Gasteiger partial charge < -0.3 is 4.42 Å². The van der Waals surface area contributed by atoms with E-state index >= 15 is 0 Å². The van der Waals surface area contributed by atoms with Gasteiger partial charge in [0.2, 0.25) is 5.89 Å². The third-order valence-electron chi connectivity index (χ3n) is 10.2. The molecule has 1 aliphatic rings. The van der Waals surface area contributed by atoms with Crippen LogP contribution in [0.25, 0.3) is 61.8 Å². The summed E-state index contributed by atoms with van der Waals surface area (Å²) in [5, 5.41) is 0. The summed E-state index contributed by atoms with van der Waals surface area (Å²) >= 11 is 0. The van der Waals surface area contributed by atoms with Crippen LogP contribution in [0.1, 0.15) is 94.2 Å². The van der Waals surface area contributed by atoms with Crippen LogP contribution in [0.5, 0.6) is 0 Å². The fourth-order valence-electron chi connectivity index (χ4n) is 7.67. The average Bonchev–Trinajstić information content (AvgIpc) is 3.74. The predicted molar refractivity (Wildman–Crippen MR) is 199 cm³/mol. The zero-order chi connectivity index (χ0) is 32.8. The van der Waals surface area contributed by atoms with Gasteiger partial charge in [-0.3, -0.25) is 4.57 Å². The van der Waals surface area contributed by atoms with Gasteiger partial charge in [0.05, 0.1) is 16.7 Å². The minimum absolute atomic E-state index is 0.345. The molecule has 1 fully saturated rings. The van der Waals surface area contributed by atoms with Gasteiger partial charge in [0.1, 0.15) is 11.3 Å². The monoisotopic (exact) mass is 629 g/mol. The largest absolute Gasteiger partial charge is 0.435 e. The molecular formula is C44H43N3O. The predicted octanol–water partition coefficient (Wildman–Crippen LogP) is 12.5. The molecule has 8 rings (SSSR count). The Kier molecular flexibility index (Phi) is 7.96. The molecule has 1 aliphatic carbocycles. The molecule has 0 bridgehead atoms. The van der Waals surface area contributed by atoms with E-state index in [2.05, 4.69) is 123 Å². The first-order chi connectivity index (χ1) is 23.5. The molecular weight excluding hydrogens is 587 g/mol. The van der Waals surface area contributed by atoms with Crippen LogP contribution in [0, 0.1) is 0 Å². The van der Waals surface area contributed by atoms with Crippen molar-refractivity contribution in [3.05, 3.63) is 126 Å². The maximum Gasteiger partial charge on any atom is 0.227 e. The van der Waals surface area contributed by atoms with E-state index in [1.54, 1.807) is 0 Å². The fraction of sp³-hybridized carbons (Fsp3) is 0.273. The van der Waals surface area contributed by atoms with Gasteiger partial charge in [-0.15, -0.1) is 0 Å². The summed E-state index contributed by atoms with van der Waals surface area (Å²) in [4.78, 5) is 10.4. The molecule has 0 amide bonds. The van der Waals surface area contributed by atoms with E-state index < -0.39 is 0 Å².